The molecule has 0 aromatic heterocycles. The van der Waals surface area contributed by atoms with Gasteiger partial charge in [-0.2, -0.15) is 0 Å². The Morgan fingerprint density at radius 3 is 1.64 bits per heavy atom. The summed E-state index contributed by atoms with van der Waals surface area (Å²) in [7, 11) is 0. The largest absolute Gasteiger partial charge is 0.481 e. The smallest absolute Gasteiger partial charge is 0.307 e. The highest BCUT2D eigenvalue weighted by Crippen LogP contribution is 2.34. The number of hydrogen-bond donors (Lipinski definition) is 2. The van der Waals surface area contributed by atoms with Crippen LogP contribution in [0.25, 0.3) is 0 Å². The van der Waals surface area contributed by atoms with Crippen molar-refractivity contribution in [2.75, 3.05) is 0 Å². The summed E-state index contributed by atoms with van der Waals surface area (Å²) in [6, 6.07) is 0. The summed E-state index contributed by atoms with van der Waals surface area (Å²) < 4.78 is 0. The second-order valence-electron chi connectivity index (χ2n) is 4.53. The Hall–Kier alpha value is -1.06. The zero-order valence-corrected chi connectivity index (χ0v) is 9.07. The van der Waals surface area contributed by atoms with Crippen molar-refractivity contribution in [2.24, 2.45) is 17.3 Å². The molecule has 4 heteroatoms. The molecule has 0 rings (SSSR count). The van der Waals surface area contributed by atoms with E-state index in [1.54, 1.807) is 27.7 Å². The fourth-order valence-electron chi connectivity index (χ4n) is 1.70. The molecule has 0 aromatic carbocycles. The van der Waals surface area contributed by atoms with Gasteiger partial charge in [-0.15, -0.1) is 0 Å². The number of rotatable bonds is 4. The van der Waals surface area contributed by atoms with Crippen LogP contribution in [0.15, 0.2) is 0 Å². The molecule has 82 valence electrons. The Balaban J connectivity index is 4.99. The van der Waals surface area contributed by atoms with E-state index in [2.05, 4.69) is 0 Å². The van der Waals surface area contributed by atoms with E-state index in [0.29, 0.717) is 6.42 Å². The summed E-state index contributed by atoms with van der Waals surface area (Å²) in [5.41, 5.74) is -0.537. The van der Waals surface area contributed by atoms with Crippen LogP contribution in [0.4, 0.5) is 0 Å². The minimum Gasteiger partial charge on any atom is -0.481 e. The van der Waals surface area contributed by atoms with E-state index in [4.69, 9.17) is 10.2 Å². The van der Waals surface area contributed by atoms with Gasteiger partial charge >= 0.3 is 11.9 Å². The topological polar surface area (TPSA) is 74.6 Å². The lowest BCUT2D eigenvalue weighted by Gasteiger charge is -2.31. The Morgan fingerprint density at radius 2 is 1.57 bits per heavy atom. The van der Waals surface area contributed by atoms with Crippen molar-refractivity contribution >= 4 is 11.9 Å². The number of aliphatic carboxylic acids is 2. The number of carboxylic acid groups (broad SMARTS) is 2. The van der Waals surface area contributed by atoms with E-state index in [1.165, 1.54) is 0 Å². The van der Waals surface area contributed by atoms with Gasteiger partial charge in [-0.25, -0.2) is 0 Å². The van der Waals surface area contributed by atoms with E-state index >= 15 is 0 Å². The summed E-state index contributed by atoms with van der Waals surface area (Å²) >= 11 is 0. The molecule has 0 aliphatic heterocycles. The zero-order chi connectivity index (χ0) is 11.5. The van der Waals surface area contributed by atoms with Crippen molar-refractivity contribution in [3.63, 3.8) is 0 Å². The van der Waals surface area contributed by atoms with E-state index in [9.17, 15) is 9.59 Å². The number of carboxylic acids is 2. The number of carbonyl (C=O) groups is 2. The fourth-order valence-corrected chi connectivity index (χ4v) is 1.70. The van der Waals surface area contributed by atoms with Crippen LogP contribution in [0.1, 0.15) is 34.1 Å². The molecule has 0 aliphatic rings. The van der Waals surface area contributed by atoms with Crippen molar-refractivity contribution in [2.45, 2.75) is 34.1 Å². The molecule has 0 saturated carbocycles. The molecule has 0 fully saturated rings. The maximum atomic E-state index is 11.0. The first-order chi connectivity index (χ1) is 6.21. The van der Waals surface area contributed by atoms with E-state index in [0.717, 1.165) is 0 Å². The molecule has 0 aliphatic carbocycles. The summed E-state index contributed by atoms with van der Waals surface area (Å²) in [6.45, 7) is 6.94. The van der Waals surface area contributed by atoms with Crippen LogP contribution in [-0.4, -0.2) is 22.2 Å². The minimum absolute atomic E-state index is 0.337. The molecule has 0 amide bonds. The van der Waals surface area contributed by atoms with Crippen LogP contribution >= 0.6 is 0 Å². The Kier molecular flexibility index (Phi) is 4.10. The van der Waals surface area contributed by atoms with Gasteiger partial charge in [0.25, 0.3) is 0 Å². The van der Waals surface area contributed by atoms with Crippen molar-refractivity contribution in [1.29, 1.82) is 0 Å². The fraction of sp³-hybridized carbons (Fsp3) is 0.800. The summed E-state index contributed by atoms with van der Waals surface area (Å²) in [5.74, 6) is -3.72. The van der Waals surface area contributed by atoms with E-state index < -0.39 is 29.2 Å². The highest BCUT2D eigenvalue weighted by atomic mass is 16.4. The maximum Gasteiger partial charge on any atom is 0.307 e. The molecule has 0 spiro atoms. The molecule has 4 nitrogen and oxygen atoms in total. The van der Waals surface area contributed by atoms with Gasteiger partial charge in [0.1, 0.15) is 0 Å². The van der Waals surface area contributed by atoms with Gasteiger partial charge in [0.2, 0.25) is 0 Å². The van der Waals surface area contributed by atoms with E-state index in [-0.39, 0.29) is 0 Å². The molecule has 2 atom stereocenters. The van der Waals surface area contributed by atoms with E-state index in [1.807, 2.05) is 0 Å². The lowest BCUT2D eigenvalue weighted by molar-refractivity contribution is -0.158. The Morgan fingerprint density at radius 1 is 1.14 bits per heavy atom. The molecule has 0 radical (unpaired) electrons. The third-order valence-corrected chi connectivity index (χ3v) is 2.36. The van der Waals surface area contributed by atoms with Crippen molar-refractivity contribution in [3.8, 4) is 0 Å². The molecule has 0 aromatic rings. The van der Waals surface area contributed by atoms with Crippen molar-refractivity contribution in [1.82, 2.24) is 0 Å². The molecule has 2 N–H and O–H groups in total. The molecule has 14 heavy (non-hydrogen) atoms. The molecular formula is C10H18O4. The predicted molar refractivity (Wildman–Crippen MR) is 52.0 cm³/mol. The Labute approximate surface area is 83.9 Å². The highest BCUT2D eigenvalue weighted by molar-refractivity contribution is 5.80. The van der Waals surface area contributed by atoms with Crippen LogP contribution in [-0.2, 0) is 9.59 Å². The molecule has 2 unspecified atom stereocenters. The monoisotopic (exact) mass is 202 g/mol. The van der Waals surface area contributed by atoms with Gasteiger partial charge < -0.3 is 10.2 Å². The first-order valence-electron chi connectivity index (χ1n) is 4.67. The quantitative estimate of drug-likeness (QED) is 0.729. The third-order valence-electron chi connectivity index (χ3n) is 2.36. The summed E-state index contributed by atoms with van der Waals surface area (Å²) in [4.78, 5) is 21.8. The average molecular weight is 202 g/mol. The van der Waals surface area contributed by atoms with Crippen LogP contribution in [0.3, 0.4) is 0 Å². The maximum absolute atomic E-state index is 11.0. The van der Waals surface area contributed by atoms with Crippen molar-refractivity contribution < 1.29 is 19.8 Å². The lowest BCUT2D eigenvalue weighted by Crippen LogP contribution is -2.38. The minimum atomic E-state index is -1.04. The van der Waals surface area contributed by atoms with Gasteiger partial charge in [0, 0.05) is 0 Å². The SMILES string of the molecule is CCC(C(=O)O)C(C(=O)O)C(C)(C)C. The average Bonchev–Trinajstić information content (AvgIpc) is 1.95. The third kappa shape index (κ3) is 3.01. The van der Waals surface area contributed by atoms with Gasteiger partial charge in [0.15, 0.2) is 0 Å². The van der Waals surface area contributed by atoms with Crippen LogP contribution in [0.5, 0.6) is 0 Å². The normalized spacial score (nSPS) is 16.0. The summed E-state index contributed by atoms with van der Waals surface area (Å²) in [6.07, 6.45) is 0.337. The van der Waals surface area contributed by atoms with Gasteiger partial charge in [-0.3, -0.25) is 9.59 Å². The first kappa shape index (κ1) is 12.9. The highest BCUT2D eigenvalue weighted by Gasteiger charge is 2.40. The zero-order valence-electron chi connectivity index (χ0n) is 9.07. The summed E-state index contributed by atoms with van der Waals surface area (Å²) in [5, 5.41) is 17.9. The molecule has 0 saturated heterocycles. The van der Waals surface area contributed by atoms with Gasteiger partial charge in [0.05, 0.1) is 11.8 Å². The van der Waals surface area contributed by atoms with Crippen LogP contribution < -0.4 is 0 Å². The Bertz CT molecular complexity index is 227. The molecule has 0 bridgehead atoms. The second kappa shape index (κ2) is 4.44. The number of hydrogen-bond acceptors (Lipinski definition) is 2. The van der Waals surface area contributed by atoms with Crippen molar-refractivity contribution in [3.05, 3.63) is 0 Å². The van der Waals surface area contributed by atoms with Gasteiger partial charge in [-0.05, 0) is 11.8 Å². The molecular weight excluding hydrogens is 184 g/mol. The first-order valence-corrected chi connectivity index (χ1v) is 4.67. The van der Waals surface area contributed by atoms with Crippen LogP contribution in [0.2, 0.25) is 0 Å². The standard InChI is InChI=1S/C10H18O4/c1-5-6(8(11)12)7(9(13)14)10(2,3)4/h6-7H,5H2,1-4H3,(H,11,12)(H,13,14). The second-order valence-corrected chi connectivity index (χ2v) is 4.53. The van der Waals surface area contributed by atoms with Crippen LogP contribution in [0, 0.1) is 17.3 Å². The van der Waals surface area contributed by atoms with Gasteiger partial charge in [-0.1, -0.05) is 27.7 Å². The predicted octanol–water partition coefficient (Wildman–Crippen LogP) is 1.84. The molecule has 0 heterocycles. The lowest BCUT2D eigenvalue weighted by atomic mass is 9.72.